The number of ether oxygens (including phenoxy) is 1. The first-order valence-corrected chi connectivity index (χ1v) is 8.99. The van der Waals surface area contributed by atoms with E-state index in [4.69, 9.17) is 9.72 Å². The highest BCUT2D eigenvalue weighted by atomic mass is 35.5. The SMILES string of the molecule is COc1ccc(C)c2sc(N(CCN(C)C)C(=O)c3cnccn3)nc12.Cl. The van der Waals surface area contributed by atoms with Crippen molar-refractivity contribution in [1.29, 1.82) is 0 Å². The van der Waals surface area contributed by atoms with Gasteiger partial charge in [0.05, 0.1) is 18.0 Å². The summed E-state index contributed by atoms with van der Waals surface area (Å²) in [4.78, 5) is 29.5. The van der Waals surface area contributed by atoms with Crippen LogP contribution in [0.15, 0.2) is 30.7 Å². The molecule has 0 radical (unpaired) electrons. The molecule has 0 fully saturated rings. The molecule has 0 saturated heterocycles. The van der Waals surface area contributed by atoms with Crippen molar-refractivity contribution in [1.82, 2.24) is 19.9 Å². The van der Waals surface area contributed by atoms with Crippen molar-refractivity contribution in [3.8, 4) is 5.75 Å². The lowest BCUT2D eigenvalue weighted by molar-refractivity contribution is 0.0980. The predicted octanol–water partition coefficient (Wildman–Crippen LogP) is 3.03. The molecule has 27 heavy (non-hydrogen) atoms. The fourth-order valence-electron chi connectivity index (χ4n) is 2.51. The van der Waals surface area contributed by atoms with E-state index >= 15 is 0 Å². The zero-order valence-corrected chi connectivity index (χ0v) is 17.3. The average Bonchev–Trinajstić information content (AvgIpc) is 3.08. The fourth-order valence-corrected chi connectivity index (χ4v) is 3.59. The van der Waals surface area contributed by atoms with Gasteiger partial charge < -0.3 is 9.64 Å². The second-order valence-corrected chi connectivity index (χ2v) is 7.09. The van der Waals surface area contributed by atoms with E-state index in [1.165, 1.54) is 23.7 Å². The van der Waals surface area contributed by atoms with Crippen LogP contribution in [-0.2, 0) is 0 Å². The third kappa shape index (κ3) is 4.52. The maximum atomic E-state index is 13.0. The Morgan fingerprint density at radius 3 is 2.63 bits per heavy atom. The van der Waals surface area contributed by atoms with Gasteiger partial charge in [0.15, 0.2) is 5.13 Å². The first-order chi connectivity index (χ1) is 12.5. The molecular formula is C18H22ClN5O2S. The summed E-state index contributed by atoms with van der Waals surface area (Å²) in [6.45, 7) is 3.24. The number of hydrogen-bond donors (Lipinski definition) is 0. The van der Waals surface area contributed by atoms with Gasteiger partial charge in [0, 0.05) is 25.5 Å². The third-order valence-electron chi connectivity index (χ3n) is 3.94. The summed E-state index contributed by atoms with van der Waals surface area (Å²) in [6, 6.07) is 3.90. The summed E-state index contributed by atoms with van der Waals surface area (Å²) < 4.78 is 6.44. The molecule has 0 aliphatic rings. The highest BCUT2D eigenvalue weighted by molar-refractivity contribution is 7.22. The Labute approximate surface area is 168 Å². The molecule has 9 heteroatoms. The number of fused-ring (bicyclic) bond motifs is 1. The molecule has 0 saturated carbocycles. The largest absolute Gasteiger partial charge is 0.494 e. The highest BCUT2D eigenvalue weighted by Crippen LogP contribution is 2.36. The minimum Gasteiger partial charge on any atom is -0.494 e. The van der Waals surface area contributed by atoms with Crippen LogP contribution in [0, 0.1) is 6.92 Å². The van der Waals surface area contributed by atoms with Crippen LogP contribution in [0.3, 0.4) is 0 Å². The van der Waals surface area contributed by atoms with Crippen LogP contribution in [0.2, 0.25) is 0 Å². The second kappa shape index (κ2) is 9.07. The molecule has 0 aliphatic carbocycles. The van der Waals surface area contributed by atoms with Gasteiger partial charge in [-0.25, -0.2) is 9.97 Å². The number of carbonyl (C=O) groups is 1. The van der Waals surface area contributed by atoms with Gasteiger partial charge in [0.25, 0.3) is 5.91 Å². The molecule has 3 aromatic rings. The Morgan fingerprint density at radius 1 is 1.22 bits per heavy atom. The molecule has 7 nitrogen and oxygen atoms in total. The van der Waals surface area contributed by atoms with Crippen LogP contribution in [-0.4, -0.2) is 60.1 Å². The van der Waals surface area contributed by atoms with Gasteiger partial charge in [-0.3, -0.25) is 14.7 Å². The Hall–Kier alpha value is -2.29. The lowest BCUT2D eigenvalue weighted by Crippen LogP contribution is -2.37. The number of benzene rings is 1. The van der Waals surface area contributed by atoms with E-state index < -0.39 is 0 Å². The highest BCUT2D eigenvalue weighted by Gasteiger charge is 2.23. The van der Waals surface area contributed by atoms with Gasteiger partial charge in [0.1, 0.15) is 17.0 Å². The predicted molar refractivity (Wildman–Crippen MR) is 110 cm³/mol. The number of carbonyl (C=O) groups excluding carboxylic acids is 1. The molecule has 0 atom stereocenters. The number of anilines is 1. The number of aromatic nitrogens is 3. The Morgan fingerprint density at radius 2 is 2.00 bits per heavy atom. The number of nitrogens with zero attached hydrogens (tertiary/aromatic N) is 5. The van der Waals surface area contributed by atoms with Gasteiger partial charge in [-0.05, 0) is 32.6 Å². The number of hydrogen-bond acceptors (Lipinski definition) is 7. The standard InChI is InChI=1S/C18H21N5O2S.ClH/c1-12-5-6-14(25-4)15-16(12)26-18(21-15)23(10-9-22(2)3)17(24)13-11-19-7-8-20-13;/h5-8,11H,9-10H2,1-4H3;1H. The first kappa shape index (κ1) is 21.0. The molecule has 3 rings (SSSR count). The first-order valence-electron chi connectivity index (χ1n) is 8.18. The lowest BCUT2D eigenvalue weighted by Gasteiger charge is -2.21. The molecule has 1 aromatic carbocycles. The fraction of sp³-hybridized carbons (Fsp3) is 0.333. The van der Waals surface area contributed by atoms with E-state index in [2.05, 4.69) is 9.97 Å². The number of amides is 1. The summed E-state index contributed by atoms with van der Waals surface area (Å²) in [5, 5.41) is 0.630. The number of rotatable bonds is 6. The summed E-state index contributed by atoms with van der Waals surface area (Å²) in [6.07, 6.45) is 4.54. The van der Waals surface area contributed by atoms with Gasteiger partial charge in [-0.1, -0.05) is 17.4 Å². The van der Waals surface area contributed by atoms with E-state index in [0.717, 1.165) is 15.8 Å². The summed E-state index contributed by atoms with van der Waals surface area (Å²) in [7, 11) is 5.56. The van der Waals surface area contributed by atoms with E-state index in [-0.39, 0.29) is 18.3 Å². The molecule has 0 spiro atoms. The van der Waals surface area contributed by atoms with Crippen LogP contribution in [0.4, 0.5) is 5.13 Å². The van der Waals surface area contributed by atoms with Crippen LogP contribution in [0.5, 0.6) is 5.75 Å². The van der Waals surface area contributed by atoms with Gasteiger partial charge in [-0.15, -0.1) is 12.4 Å². The maximum Gasteiger partial charge on any atom is 0.280 e. The van der Waals surface area contributed by atoms with Crippen molar-refractivity contribution in [2.45, 2.75) is 6.92 Å². The van der Waals surface area contributed by atoms with E-state index in [0.29, 0.717) is 29.7 Å². The lowest BCUT2D eigenvalue weighted by atomic mass is 10.2. The van der Waals surface area contributed by atoms with Crippen molar-refractivity contribution < 1.29 is 9.53 Å². The number of aryl methyl sites for hydroxylation is 1. The Bertz CT molecular complexity index is 917. The van der Waals surface area contributed by atoms with Crippen LogP contribution >= 0.6 is 23.7 Å². The zero-order valence-electron chi connectivity index (χ0n) is 15.7. The molecule has 1 amide bonds. The van der Waals surface area contributed by atoms with Crippen molar-refractivity contribution in [2.75, 3.05) is 39.2 Å². The van der Waals surface area contributed by atoms with Crippen molar-refractivity contribution in [2.24, 2.45) is 0 Å². The third-order valence-corrected chi connectivity index (χ3v) is 5.15. The van der Waals surface area contributed by atoms with Crippen molar-refractivity contribution in [3.63, 3.8) is 0 Å². The summed E-state index contributed by atoms with van der Waals surface area (Å²) >= 11 is 1.48. The molecule has 2 heterocycles. The van der Waals surface area contributed by atoms with E-state index in [1.807, 2.05) is 38.1 Å². The van der Waals surface area contributed by atoms with Crippen molar-refractivity contribution >= 4 is 45.0 Å². The van der Waals surface area contributed by atoms with Crippen LogP contribution in [0.1, 0.15) is 16.1 Å². The second-order valence-electron chi connectivity index (χ2n) is 6.11. The van der Waals surface area contributed by atoms with Crippen LogP contribution in [0.25, 0.3) is 10.2 Å². The topological polar surface area (TPSA) is 71.5 Å². The number of methoxy groups -OCH3 is 1. The summed E-state index contributed by atoms with van der Waals surface area (Å²) in [5.74, 6) is 0.489. The minimum absolute atomic E-state index is 0. The van der Waals surface area contributed by atoms with Gasteiger partial charge in [0.2, 0.25) is 0 Å². The smallest absolute Gasteiger partial charge is 0.280 e. The van der Waals surface area contributed by atoms with Gasteiger partial charge in [-0.2, -0.15) is 0 Å². The number of halogens is 1. The van der Waals surface area contributed by atoms with Gasteiger partial charge >= 0.3 is 0 Å². The molecule has 0 N–H and O–H groups in total. The molecular weight excluding hydrogens is 386 g/mol. The normalized spacial score (nSPS) is 10.7. The number of thiazole rings is 1. The number of likely N-dealkylation sites (N-methyl/N-ethyl adjacent to an activating group) is 1. The Kier molecular flexibility index (Phi) is 7.06. The minimum atomic E-state index is -0.212. The van der Waals surface area contributed by atoms with E-state index in [1.54, 1.807) is 18.2 Å². The maximum absolute atomic E-state index is 13.0. The monoisotopic (exact) mass is 407 g/mol. The van der Waals surface area contributed by atoms with E-state index in [9.17, 15) is 4.79 Å². The molecule has 0 bridgehead atoms. The van der Waals surface area contributed by atoms with Crippen LogP contribution < -0.4 is 9.64 Å². The average molecular weight is 408 g/mol. The Balaban J connectivity index is 0.00000261. The molecule has 144 valence electrons. The molecule has 0 aliphatic heterocycles. The molecule has 2 aromatic heterocycles. The molecule has 0 unspecified atom stereocenters. The summed E-state index contributed by atoms with van der Waals surface area (Å²) in [5.41, 5.74) is 2.17. The zero-order chi connectivity index (χ0) is 18.7. The quantitative estimate of drug-likeness (QED) is 0.625. The van der Waals surface area contributed by atoms with Crippen molar-refractivity contribution in [3.05, 3.63) is 42.0 Å².